The summed E-state index contributed by atoms with van der Waals surface area (Å²) in [4.78, 5) is 26.9. The van der Waals surface area contributed by atoms with Gasteiger partial charge in [0, 0.05) is 73.6 Å². The molecule has 0 unspecified atom stereocenters. The Balaban J connectivity index is 0.000000804. The van der Waals surface area contributed by atoms with Crippen molar-refractivity contribution in [3.8, 4) is 22.5 Å². The summed E-state index contributed by atoms with van der Waals surface area (Å²) in [5.74, 6) is 0.118. The summed E-state index contributed by atoms with van der Waals surface area (Å²) in [5, 5.41) is 15.2. The molecule has 1 aromatic carbocycles. The largest absolute Gasteiger partial charge is 0.338 e. The van der Waals surface area contributed by atoms with Crippen molar-refractivity contribution in [1.29, 1.82) is 0 Å². The number of hydrogen-bond donors (Lipinski definition) is 1. The van der Waals surface area contributed by atoms with Crippen molar-refractivity contribution in [2.24, 2.45) is 7.05 Å². The Labute approximate surface area is 223 Å². The van der Waals surface area contributed by atoms with Gasteiger partial charge in [0.1, 0.15) is 6.79 Å². The fourth-order valence-corrected chi connectivity index (χ4v) is 5.37. The lowest BCUT2D eigenvalue weighted by atomic mass is 9.96. The summed E-state index contributed by atoms with van der Waals surface area (Å²) < 4.78 is 4.07. The van der Waals surface area contributed by atoms with Gasteiger partial charge in [0.15, 0.2) is 0 Å². The maximum atomic E-state index is 12.2. The SMILES string of the molecule is C=O.CC.CC(=O)N1CCc2c(c(-c3cccc4cc(-c5cnn(C)c5)ncc34)nn2C2CCNCC2)C1. The van der Waals surface area contributed by atoms with Crippen molar-refractivity contribution in [2.75, 3.05) is 19.6 Å². The Morgan fingerprint density at radius 2 is 1.89 bits per heavy atom. The van der Waals surface area contributed by atoms with E-state index in [0.717, 1.165) is 72.2 Å². The molecule has 0 bridgehead atoms. The van der Waals surface area contributed by atoms with Crippen LogP contribution in [0.5, 0.6) is 0 Å². The van der Waals surface area contributed by atoms with Crippen LogP contribution in [-0.2, 0) is 29.6 Å². The fraction of sp³-hybridized carbons (Fsp3) is 0.414. The molecule has 0 aliphatic carbocycles. The van der Waals surface area contributed by atoms with E-state index in [4.69, 9.17) is 14.9 Å². The molecule has 3 aromatic heterocycles. The molecule has 4 aromatic rings. The van der Waals surface area contributed by atoms with Gasteiger partial charge in [0.25, 0.3) is 0 Å². The lowest BCUT2D eigenvalue weighted by Gasteiger charge is -2.29. The van der Waals surface area contributed by atoms with Gasteiger partial charge >= 0.3 is 0 Å². The quantitative estimate of drug-likeness (QED) is 0.440. The van der Waals surface area contributed by atoms with Crippen LogP contribution in [0.2, 0.25) is 0 Å². The van der Waals surface area contributed by atoms with Gasteiger partial charge in [-0.1, -0.05) is 32.0 Å². The number of benzene rings is 1. The monoisotopic (exact) mass is 515 g/mol. The molecule has 9 nitrogen and oxygen atoms in total. The Hall–Kier alpha value is -3.85. The van der Waals surface area contributed by atoms with Crippen LogP contribution in [0.25, 0.3) is 33.3 Å². The number of aryl methyl sites for hydroxylation is 1. The zero-order chi connectivity index (χ0) is 27.2. The van der Waals surface area contributed by atoms with Gasteiger partial charge in [-0.3, -0.25) is 19.1 Å². The van der Waals surface area contributed by atoms with Crippen LogP contribution >= 0.6 is 0 Å². The highest BCUT2D eigenvalue weighted by Crippen LogP contribution is 2.37. The topological polar surface area (TPSA) is 97.9 Å². The Morgan fingerprint density at radius 3 is 2.58 bits per heavy atom. The number of fused-ring (bicyclic) bond motifs is 2. The standard InChI is InChI=1S/C26H29N7O.C2H6.CH2O/c1-17(34)32-11-8-25-23(16-32)26(30-33(25)20-6-9-27-10-7-20)21-5-3-4-18-12-24(28-14-22(18)21)19-13-29-31(2)15-19;2*1-2/h3-5,12-15,20,27H,6-11,16H2,1-2H3;1-2H3;1H2. The molecule has 1 amide bonds. The van der Waals surface area contributed by atoms with Gasteiger partial charge in [0.05, 0.1) is 23.6 Å². The van der Waals surface area contributed by atoms with E-state index >= 15 is 0 Å². The van der Waals surface area contributed by atoms with Crippen molar-refractivity contribution in [3.63, 3.8) is 0 Å². The minimum absolute atomic E-state index is 0.118. The molecule has 6 rings (SSSR count). The number of carbonyl (C=O) groups is 2. The molecule has 5 heterocycles. The number of aromatic nitrogens is 5. The first kappa shape index (κ1) is 27.2. The second kappa shape index (κ2) is 12.1. The van der Waals surface area contributed by atoms with E-state index in [9.17, 15) is 4.79 Å². The minimum Gasteiger partial charge on any atom is -0.338 e. The summed E-state index contributed by atoms with van der Waals surface area (Å²) in [6.07, 6.45) is 8.77. The number of hydrogen-bond acceptors (Lipinski definition) is 6. The van der Waals surface area contributed by atoms with Crippen LogP contribution in [0.15, 0.2) is 42.9 Å². The second-order valence-corrected chi connectivity index (χ2v) is 9.39. The van der Waals surface area contributed by atoms with Gasteiger partial charge in [-0.25, -0.2) is 0 Å². The smallest absolute Gasteiger partial charge is 0.219 e. The van der Waals surface area contributed by atoms with E-state index in [2.05, 4.69) is 39.4 Å². The predicted octanol–water partition coefficient (Wildman–Crippen LogP) is 4.17. The molecule has 0 spiro atoms. The maximum absolute atomic E-state index is 12.2. The molecule has 2 aliphatic rings. The molecule has 1 saturated heterocycles. The zero-order valence-corrected chi connectivity index (χ0v) is 22.8. The highest BCUT2D eigenvalue weighted by Gasteiger charge is 2.30. The van der Waals surface area contributed by atoms with Gasteiger partial charge in [-0.05, 0) is 37.4 Å². The average Bonchev–Trinajstić information content (AvgIpc) is 3.58. The molecule has 0 saturated carbocycles. The van der Waals surface area contributed by atoms with E-state index in [1.165, 1.54) is 11.3 Å². The van der Waals surface area contributed by atoms with E-state index in [1.54, 1.807) is 11.6 Å². The first-order chi connectivity index (χ1) is 18.6. The Bertz CT molecular complexity index is 1400. The molecule has 0 atom stereocenters. The molecule has 1 N–H and O–H groups in total. The van der Waals surface area contributed by atoms with Crippen molar-refractivity contribution >= 4 is 23.5 Å². The van der Waals surface area contributed by atoms with Crippen LogP contribution in [-0.4, -0.2) is 61.8 Å². The van der Waals surface area contributed by atoms with Crippen LogP contribution in [0.1, 0.15) is 50.9 Å². The molecular formula is C29H37N7O2. The zero-order valence-electron chi connectivity index (χ0n) is 22.8. The van der Waals surface area contributed by atoms with Crippen LogP contribution < -0.4 is 5.32 Å². The number of nitrogens with one attached hydrogen (secondary N) is 1. The summed E-state index contributed by atoms with van der Waals surface area (Å²) in [5.41, 5.74) is 6.44. The number of nitrogens with zero attached hydrogens (tertiary/aromatic N) is 6. The summed E-state index contributed by atoms with van der Waals surface area (Å²) in [6, 6.07) is 8.87. The Morgan fingerprint density at radius 1 is 1.13 bits per heavy atom. The second-order valence-electron chi connectivity index (χ2n) is 9.39. The van der Waals surface area contributed by atoms with Crippen LogP contribution in [0.4, 0.5) is 0 Å². The molecule has 2 aliphatic heterocycles. The third kappa shape index (κ3) is 5.24. The summed E-state index contributed by atoms with van der Waals surface area (Å²) in [6.45, 7) is 11.1. The highest BCUT2D eigenvalue weighted by molar-refractivity contribution is 5.97. The predicted molar refractivity (Wildman–Crippen MR) is 150 cm³/mol. The minimum atomic E-state index is 0.118. The molecule has 200 valence electrons. The first-order valence-corrected chi connectivity index (χ1v) is 13.3. The van der Waals surface area contributed by atoms with Crippen LogP contribution in [0, 0.1) is 0 Å². The van der Waals surface area contributed by atoms with E-state index in [1.807, 2.05) is 51.2 Å². The van der Waals surface area contributed by atoms with Crippen molar-refractivity contribution in [2.45, 2.75) is 52.6 Å². The Kier molecular flexibility index (Phi) is 8.68. The molecule has 1 fully saturated rings. The van der Waals surface area contributed by atoms with Crippen molar-refractivity contribution in [1.82, 2.24) is 34.8 Å². The summed E-state index contributed by atoms with van der Waals surface area (Å²) >= 11 is 0. The average molecular weight is 516 g/mol. The van der Waals surface area contributed by atoms with Gasteiger partial charge in [-0.2, -0.15) is 10.2 Å². The van der Waals surface area contributed by atoms with Gasteiger partial charge in [-0.15, -0.1) is 0 Å². The third-order valence-corrected chi connectivity index (χ3v) is 7.21. The maximum Gasteiger partial charge on any atom is 0.219 e. The fourth-order valence-electron chi connectivity index (χ4n) is 5.37. The number of rotatable bonds is 3. The number of amides is 1. The van der Waals surface area contributed by atoms with Crippen LogP contribution in [0.3, 0.4) is 0 Å². The van der Waals surface area contributed by atoms with E-state index < -0.39 is 0 Å². The van der Waals surface area contributed by atoms with E-state index in [-0.39, 0.29) is 5.91 Å². The van der Waals surface area contributed by atoms with Crippen molar-refractivity contribution in [3.05, 3.63) is 54.1 Å². The lowest BCUT2D eigenvalue weighted by Crippen LogP contribution is -2.36. The number of carbonyl (C=O) groups excluding carboxylic acids is 2. The van der Waals surface area contributed by atoms with Gasteiger partial charge < -0.3 is 15.0 Å². The highest BCUT2D eigenvalue weighted by atomic mass is 16.2. The lowest BCUT2D eigenvalue weighted by molar-refractivity contribution is -0.129. The summed E-state index contributed by atoms with van der Waals surface area (Å²) in [7, 11) is 1.91. The van der Waals surface area contributed by atoms with E-state index in [0.29, 0.717) is 12.6 Å². The first-order valence-electron chi connectivity index (χ1n) is 13.3. The molecule has 9 heteroatoms. The van der Waals surface area contributed by atoms with Crippen molar-refractivity contribution < 1.29 is 9.59 Å². The number of piperidine rings is 1. The third-order valence-electron chi connectivity index (χ3n) is 7.21. The normalized spacial score (nSPS) is 15.2. The molecule has 38 heavy (non-hydrogen) atoms. The van der Waals surface area contributed by atoms with Gasteiger partial charge in [0.2, 0.25) is 5.91 Å². The molecule has 0 radical (unpaired) electrons. The molecular weight excluding hydrogens is 478 g/mol. The number of pyridine rings is 1.